The van der Waals surface area contributed by atoms with E-state index in [9.17, 15) is 4.79 Å². The lowest BCUT2D eigenvalue weighted by Crippen LogP contribution is -2.35. The van der Waals surface area contributed by atoms with Crippen LogP contribution in [0.5, 0.6) is 0 Å². The fourth-order valence-electron chi connectivity index (χ4n) is 3.44. The fraction of sp³-hybridized carbons (Fsp3) is 0.571. The SMILES string of the molecule is O=C(NCCCCCOC1CCCCC1)NCc1ccc2ccoc2c1. The number of hydrogen-bond acceptors (Lipinski definition) is 3. The van der Waals surface area contributed by atoms with E-state index in [-0.39, 0.29) is 6.03 Å². The maximum absolute atomic E-state index is 11.9. The second kappa shape index (κ2) is 10.2. The first kappa shape index (κ1) is 18.8. The summed E-state index contributed by atoms with van der Waals surface area (Å²) in [4.78, 5) is 11.9. The van der Waals surface area contributed by atoms with Gasteiger partial charge in [0.1, 0.15) is 5.58 Å². The van der Waals surface area contributed by atoms with Crippen LogP contribution in [0.3, 0.4) is 0 Å². The van der Waals surface area contributed by atoms with Crippen molar-refractivity contribution in [3.8, 4) is 0 Å². The average molecular weight is 358 g/mol. The zero-order chi connectivity index (χ0) is 18.0. The number of carbonyl (C=O) groups excluding carboxylic acids is 1. The van der Waals surface area contributed by atoms with E-state index in [1.807, 2.05) is 24.3 Å². The van der Waals surface area contributed by atoms with Crippen molar-refractivity contribution in [3.63, 3.8) is 0 Å². The van der Waals surface area contributed by atoms with Gasteiger partial charge in [-0.25, -0.2) is 4.79 Å². The van der Waals surface area contributed by atoms with Crippen LogP contribution in [0.1, 0.15) is 56.9 Å². The number of furan rings is 1. The van der Waals surface area contributed by atoms with Gasteiger partial charge < -0.3 is 19.8 Å². The van der Waals surface area contributed by atoms with Crippen molar-refractivity contribution in [1.29, 1.82) is 0 Å². The molecule has 2 amide bonds. The minimum Gasteiger partial charge on any atom is -0.464 e. The fourth-order valence-corrected chi connectivity index (χ4v) is 3.44. The zero-order valence-corrected chi connectivity index (χ0v) is 15.5. The highest BCUT2D eigenvalue weighted by Gasteiger charge is 2.12. The molecule has 1 aliphatic rings. The molecule has 2 aromatic rings. The molecule has 0 spiro atoms. The van der Waals surface area contributed by atoms with Crippen LogP contribution in [0.4, 0.5) is 4.79 Å². The lowest BCUT2D eigenvalue weighted by Gasteiger charge is -2.21. The largest absolute Gasteiger partial charge is 0.464 e. The summed E-state index contributed by atoms with van der Waals surface area (Å²) in [6, 6.07) is 7.78. The first-order valence-electron chi connectivity index (χ1n) is 9.91. The van der Waals surface area contributed by atoms with Gasteiger partial charge in [0.05, 0.1) is 12.4 Å². The van der Waals surface area contributed by atoms with Gasteiger partial charge in [0.25, 0.3) is 0 Å². The van der Waals surface area contributed by atoms with Gasteiger partial charge in [-0.1, -0.05) is 31.4 Å². The van der Waals surface area contributed by atoms with Crippen LogP contribution in [0.15, 0.2) is 34.9 Å². The molecular formula is C21H30N2O3. The highest BCUT2D eigenvalue weighted by Crippen LogP contribution is 2.20. The molecule has 1 aromatic carbocycles. The van der Waals surface area contributed by atoms with E-state index in [0.29, 0.717) is 19.2 Å². The highest BCUT2D eigenvalue weighted by atomic mass is 16.5. The quantitative estimate of drug-likeness (QED) is 0.636. The van der Waals surface area contributed by atoms with Crippen LogP contribution in [0.2, 0.25) is 0 Å². The minimum absolute atomic E-state index is 0.122. The molecule has 1 fully saturated rings. The van der Waals surface area contributed by atoms with Crippen molar-refractivity contribution in [3.05, 3.63) is 36.1 Å². The van der Waals surface area contributed by atoms with E-state index in [0.717, 1.165) is 42.4 Å². The predicted octanol–water partition coefficient (Wildman–Crippen LogP) is 4.75. The molecule has 26 heavy (non-hydrogen) atoms. The molecule has 2 N–H and O–H groups in total. The summed E-state index contributed by atoms with van der Waals surface area (Å²) < 4.78 is 11.3. The van der Waals surface area contributed by atoms with E-state index in [2.05, 4.69) is 10.6 Å². The Hall–Kier alpha value is -2.01. The van der Waals surface area contributed by atoms with Gasteiger partial charge in [0.2, 0.25) is 0 Å². The number of ether oxygens (including phenoxy) is 1. The van der Waals surface area contributed by atoms with Crippen LogP contribution >= 0.6 is 0 Å². The van der Waals surface area contributed by atoms with Gasteiger partial charge in [0.15, 0.2) is 0 Å². The maximum atomic E-state index is 11.9. The molecule has 0 unspecified atom stereocenters. The molecule has 1 saturated carbocycles. The molecule has 1 heterocycles. The van der Waals surface area contributed by atoms with E-state index in [1.165, 1.54) is 32.1 Å². The normalized spacial score (nSPS) is 15.2. The first-order valence-corrected chi connectivity index (χ1v) is 9.91. The Labute approximate surface area is 155 Å². The van der Waals surface area contributed by atoms with Gasteiger partial charge in [-0.05, 0) is 49.8 Å². The Morgan fingerprint density at radius 2 is 1.96 bits per heavy atom. The van der Waals surface area contributed by atoms with E-state index in [1.54, 1.807) is 6.26 Å². The third-order valence-electron chi connectivity index (χ3n) is 4.99. The van der Waals surface area contributed by atoms with Crippen molar-refractivity contribution in [2.75, 3.05) is 13.2 Å². The molecule has 0 radical (unpaired) electrons. The summed E-state index contributed by atoms with van der Waals surface area (Å²) >= 11 is 0. The second-order valence-electron chi connectivity index (χ2n) is 7.09. The molecular weight excluding hydrogens is 328 g/mol. The molecule has 5 nitrogen and oxygen atoms in total. The van der Waals surface area contributed by atoms with Crippen LogP contribution in [0.25, 0.3) is 11.0 Å². The Balaban J connectivity index is 1.20. The minimum atomic E-state index is -0.122. The van der Waals surface area contributed by atoms with Crippen molar-refractivity contribution >= 4 is 17.0 Å². The zero-order valence-electron chi connectivity index (χ0n) is 15.5. The van der Waals surface area contributed by atoms with E-state index < -0.39 is 0 Å². The first-order chi connectivity index (χ1) is 12.8. The van der Waals surface area contributed by atoms with Crippen molar-refractivity contribution in [2.45, 2.75) is 64.0 Å². The lowest BCUT2D eigenvalue weighted by molar-refractivity contribution is 0.0264. The topological polar surface area (TPSA) is 63.5 Å². The number of fused-ring (bicyclic) bond motifs is 1. The van der Waals surface area contributed by atoms with Crippen molar-refractivity contribution in [2.24, 2.45) is 0 Å². The number of hydrogen-bond donors (Lipinski definition) is 2. The summed E-state index contributed by atoms with van der Waals surface area (Å²) in [7, 11) is 0. The number of rotatable bonds is 9. The Morgan fingerprint density at radius 1 is 1.08 bits per heavy atom. The number of nitrogens with one attached hydrogen (secondary N) is 2. The van der Waals surface area contributed by atoms with Gasteiger partial charge in [-0.2, -0.15) is 0 Å². The summed E-state index contributed by atoms with van der Waals surface area (Å²) in [6.45, 7) is 2.05. The molecule has 142 valence electrons. The van der Waals surface area contributed by atoms with Crippen molar-refractivity contribution in [1.82, 2.24) is 10.6 Å². The number of carbonyl (C=O) groups is 1. The molecule has 5 heteroatoms. The lowest BCUT2D eigenvalue weighted by atomic mass is 9.98. The van der Waals surface area contributed by atoms with Gasteiger partial charge >= 0.3 is 6.03 Å². The van der Waals surface area contributed by atoms with Crippen LogP contribution < -0.4 is 10.6 Å². The molecule has 0 aliphatic heterocycles. The van der Waals surface area contributed by atoms with Gasteiger partial charge in [-0.15, -0.1) is 0 Å². The van der Waals surface area contributed by atoms with E-state index >= 15 is 0 Å². The number of amides is 2. The van der Waals surface area contributed by atoms with Crippen LogP contribution in [-0.2, 0) is 11.3 Å². The van der Waals surface area contributed by atoms with Crippen LogP contribution in [0, 0.1) is 0 Å². The Bertz CT molecular complexity index is 677. The summed E-state index contributed by atoms with van der Waals surface area (Å²) in [5.74, 6) is 0. The summed E-state index contributed by atoms with van der Waals surface area (Å²) in [5, 5.41) is 6.87. The summed E-state index contributed by atoms with van der Waals surface area (Å²) in [5.41, 5.74) is 1.88. The molecule has 0 atom stereocenters. The van der Waals surface area contributed by atoms with Gasteiger partial charge in [0, 0.05) is 25.1 Å². The maximum Gasteiger partial charge on any atom is 0.315 e. The van der Waals surface area contributed by atoms with Gasteiger partial charge in [-0.3, -0.25) is 0 Å². The molecule has 1 aliphatic carbocycles. The molecule has 1 aromatic heterocycles. The Morgan fingerprint density at radius 3 is 2.85 bits per heavy atom. The van der Waals surface area contributed by atoms with Crippen molar-refractivity contribution < 1.29 is 13.9 Å². The average Bonchev–Trinajstić information content (AvgIpc) is 3.14. The predicted molar refractivity (Wildman–Crippen MR) is 103 cm³/mol. The highest BCUT2D eigenvalue weighted by molar-refractivity contribution is 5.78. The number of unbranched alkanes of at least 4 members (excludes halogenated alkanes) is 2. The third-order valence-corrected chi connectivity index (χ3v) is 4.99. The number of urea groups is 1. The Kier molecular flexibility index (Phi) is 7.37. The standard InChI is InChI=1S/C21H30N2O3/c24-21(23-16-17-9-10-18-11-14-26-20(18)15-17)22-12-5-2-6-13-25-19-7-3-1-4-8-19/h9-11,14-15,19H,1-8,12-13,16H2,(H2,22,23,24). The smallest absolute Gasteiger partial charge is 0.315 e. The second-order valence-corrected chi connectivity index (χ2v) is 7.09. The van der Waals surface area contributed by atoms with E-state index in [4.69, 9.17) is 9.15 Å². The molecule has 3 rings (SSSR count). The molecule has 0 bridgehead atoms. The van der Waals surface area contributed by atoms with Crippen LogP contribution in [-0.4, -0.2) is 25.3 Å². The summed E-state index contributed by atoms with van der Waals surface area (Å²) in [6.07, 6.45) is 11.8. The third kappa shape index (κ3) is 6.06. The monoisotopic (exact) mass is 358 g/mol. The molecule has 0 saturated heterocycles. The number of benzene rings is 1.